The van der Waals surface area contributed by atoms with Crippen LogP contribution in [0.1, 0.15) is 45.2 Å². The van der Waals surface area contributed by atoms with Crippen LogP contribution in [0.4, 0.5) is 20.2 Å². The number of alkyl halides is 2. The van der Waals surface area contributed by atoms with Gasteiger partial charge in [0.1, 0.15) is 0 Å². The molecule has 5 aromatic rings. The van der Waals surface area contributed by atoms with Crippen molar-refractivity contribution in [3.05, 3.63) is 119 Å². The highest BCUT2D eigenvalue weighted by Crippen LogP contribution is 2.25. The summed E-state index contributed by atoms with van der Waals surface area (Å²) in [4.78, 5) is 19.8. The number of aryl methyl sites for hydroxylation is 2. The Balaban J connectivity index is 0.000000228. The summed E-state index contributed by atoms with van der Waals surface area (Å²) in [6.45, 7) is 3.80. The van der Waals surface area contributed by atoms with Gasteiger partial charge in [-0.3, -0.25) is 23.4 Å². The zero-order chi connectivity index (χ0) is 36.6. The summed E-state index contributed by atoms with van der Waals surface area (Å²) in [5.41, 5.74) is 10.1. The van der Waals surface area contributed by atoms with Crippen LogP contribution in [0.25, 0.3) is 11.5 Å². The number of anilines is 2. The third kappa shape index (κ3) is 10.2. The minimum Gasteiger partial charge on any atom is -0.415 e. The second-order valence-corrected chi connectivity index (χ2v) is 15.0. The van der Waals surface area contributed by atoms with Gasteiger partial charge in [0.25, 0.3) is 5.89 Å². The van der Waals surface area contributed by atoms with Gasteiger partial charge in [-0.15, -0.1) is 10.2 Å². The van der Waals surface area contributed by atoms with Gasteiger partial charge in [0, 0.05) is 18.0 Å². The highest BCUT2D eigenvalue weighted by Gasteiger charge is 2.21. The van der Waals surface area contributed by atoms with Crippen LogP contribution in [-0.4, -0.2) is 61.8 Å². The van der Waals surface area contributed by atoms with E-state index >= 15 is 0 Å². The summed E-state index contributed by atoms with van der Waals surface area (Å²) < 4.78 is 81.0. The quantitative estimate of drug-likeness (QED) is 0.174. The van der Waals surface area contributed by atoms with E-state index in [2.05, 4.69) is 20.2 Å². The van der Waals surface area contributed by atoms with Crippen LogP contribution in [0.5, 0.6) is 0 Å². The molecule has 2 aromatic carbocycles. The molecular formula is C33H35F2N7O6S2. The third-order valence-electron chi connectivity index (χ3n) is 7.02. The van der Waals surface area contributed by atoms with Gasteiger partial charge in [0.05, 0.1) is 60.5 Å². The largest absolute Gasteiger partial charge is 0.415 e. The summed E-state index contributed by atoms with van der Waals surface area (Å²) in [5, 5.41) is 6.81. The fraction of sp³-hybridized carbons (Fsp3) is 0.242. The maximum absolute atomic E-state index is 12.5. The van der Waals surface area contributed by atoms with Crippen molar-refractivity contribution in [2.24, 2.45) is 5.73 Å². The number of carbonyl (C=O) groups excluding carboxylic acids is 1. The molecular weight excluding hydrogens is 693 g/mol. The summed E-state index contributed by atoms with van der Waals surface area (Å²) in [6, 6.07) is 20.7. The Labute approximate surface area is 288 Å². The number of halogens is 2. The Bertz CT molecular complexity index is 2150. The molecule has 0 radical (unpaired) electrons. The van der Waals surface area contributed by atoms with Crippen molar-refractivity contribution in [2.75, 3.05) is 27.7 Å². The smallest absolute Gasteiger partial charge is 0.314 e. The van der Waals surface area contributed by atoms with Crippen molar-refractivity contribution >= 4 is 37.2 Å². The Morgan fingerprint density at radius 1 is 0.780 bits per heavy atom. The molecule has 2 N–H and O–H groups in total. The average molecular weight is 728 g/mol. The van der Waals surface area contributed by atoms with Crippen LogP contribution in [0, 0.1) is 13.8 Å². The Hall–Kier alpha value is -5.13. The van der Waals surface area contributed by atoms with E-state index in [1.807, 2.05) is 26.0 Å². The number of sulfonamides is 2. The Morgan fingerprint density at radius 3 is 1.68 bits per heavy atom. The predicted molar refractivity (Wildman–Crippen MR) is 185 cm³/mol. The number of rotatable bonds is 12. The first-order chi connectivity index (χ1) is 23.5. The molecule has 0 aliphatic carbocycles. The molecule has 3 aromatic heterocycles. The minimum atomic E-state index is -3.53. The van der Waals surface area contributed by atoms with Crippen molar-refractivity contribution < 1.29 is 34.8 Å². The first-order valence-corrected chi connectivity index (χ1v) is 18.6. The van der Waals surface area contributed by atoms with Gasteiger partial charge in [0.2, 0.25) is 25.9 Å². The Morgan fingerprint density at radius 2 is 1.30 bits per heavy atom. The number of hydrogen-bond acceptors (Lipinski definition) is 11. The number of nitrogens with zero attached hydrogens (tertiary/aromatic N) is 6. The van der Waals surface area contributed by atoms with Gasteiger partial charge >= 0.3 is 6.43 Å². The molecule has 0 saturated carbocycles. The lowest BCUT2D eigenvalue weighted by Crippen LogP contribution is -2.29. The number of Topliss-reactive ketones (excluding diaryl/α,β-unsaturated/α-hetero) is 1. The summed E-state index contributed by atoms with van der Waals surface area (Å²) in [6.07, 6.45) is 2.21. The van der Waals surface area contributed by atoms with Gasteiger partial charge < -0.3 is 10.2 Å². The topological polar surface area (TPSA) is 183 Å². The summed E-state index contributed by atoms with van der Waals surface area (Å²) >= 11 is 0. The van der Waals surface area contributed by atoms with Crippen LogP contribution in [0.3, 0.4) is 0 Å². The van der Waals surface area contributed by atoms with E-state index in [0.717, 1.165) is 23.6 Å². The normalized spacial score (nSPS) is 11.5. The minimum absolute atomic E-state index is 0.0225. The van der Waals surface area contributed by atoms with Gasteiger partial charge in [-0.25, -0.2) is 16.8 Å². The third-order valence-corrected chi connectivity index (χ3v) is 9.30. The summed E-state index contributed by atoms with van der Waals surface area (Å²) in [5.74, 6) is -1.05. The van der Waals surface area contributed by atoms with E-state index in [0.29, 0.717) is 33.9 Å². The molecule has 0 saturated heterocycles. The molecule has 0 atom stereocenters. The summed E-state index contributed by atoms with van der Waals surface area (Å²) in [7, 11) is -6.99. The number of hydrogen-bond donors (Lipinski definition) is 1. The van der Waals surface area contributed by atoms with Gasteiger partial charge in [-0.05, 0) is 73.5 Å². The highest BCUT2D eigenvalue weighted by atomic mass is 32.2. The molecule has 0 spiro atoms. The second-order valence-electron chi connectivity index (χ2n) is 11.2. The van der Waals surface area contributed by atoms with Gasteiger partial charge in [0.15, 0.2) is 5.78 Å². The van der Waals surface area contributed by atoms with Crippen molar-refractivity contribution in [2.45, 2.75) is 33.4 Å². The molecule has 50 heavy (non-hydrogen) atoms. The van der Waals surface area contributed by atoms with Crippen molar-refractivity contribution in [1.29, 1.82) is 0 Å². The molecule has 0 bridgehead atoms. The fourth-order valence-corrected chi connectivity index (χ4v) is 6.27. The molecule has 0 aliphatic rings. The van der Waals surface area contributed by atoms with E-state index in [9.17, 15) is 30.4 Å². The predicted octanol–water partition coefficient (Wildman–Crippen LogP) is 4.84. The average Bonchev–Trinajstić information content (AvgIpc) is 3.57. The van der Waals surface area contributed by atoms with Crippen molar-refractivity contribution in [3.63, 3.8) is 0 Å². The van der Waals surface area contributed by atoms with E-state index in [-0.39, 0.29) is 31.3 Å². The lowest BCUT2D eigenvalue weighted by molar-refractivity contribution is 0.100. The number of nitrogens with two attached hydrogens (primary N) is 1. The van der Waals surface area contributed by atoms with E-state index < -0.39 is 32.4 Å². The molecule has 0 unspecified atom stereocenters. The maximum atomic E-state index is 12.5. The van der Waals surface area contributed by atoms with Crippen LogP contribution in [0.15, 0.2) is 89.6 Å². The lowest BCUT2D eigenvalue weighted by atomic mass is 10.2. The number of aromatic nitrogens is 4. The van der Waals surface area contributed by atoms with Gasteiger partial charge in [-0.2, -0.15) is 8.78 Å². The molecule has 0 aliphatic heterocycles. The number of pyridine rings is 2. The number of carbonyl (C=O) groups is 1. The standard InChI is InChI=1S/C17H16F2N4O3S.C16H19N3O3S/c1-11-4-3-5-14(8-11)23(27(2,24)25)10-13-7-6-12(9-20-13)16-21-22-17(26-16)15(18)19;1-12-4-3-5-15(8-12)19(23(2,21)22)11-14-7-6-13(10-18-14)16(20)9-17/h3-9,15H,10H2,1-2H3;3-8,10H,9,11,17H2,1-2H3. The molecule has 17 heteroatoms. The first-order valence-electron chi connectivity index (χ1n) is 14.9. The van der Waals surface area contributed by atoms with Crippen molar-refractivity contribution in [3.8, 4) is 11.5 Å². The van der Waals surface area contributed by atoms with Crippen LogP contribution in [0.2, 0.25) is 0 Å². The number of ketones is 1. The fourth-order valence-electron chi connectivity index (χ4n) is 4.55. The Kier molecular flexibility index (Phi) is 12.1. The zero-order valence-electron chi connectivity index (χ0n) is 27.6. The molecule has 0 amide bonds. The first kappa shape index (κ1) is 37.7. The van der Waals surface area contributed by atoms with Gasteiger partial charge in [-0.1, -0.05) is 24.3 Å². The SMILES string of the molecule is Cc1cccc(N(Cc2ccc(-c3nnc(C(F)F)o3)cn2)S(C)(=O)=O)c1.Cc1cccc(N(Cc2ccc(C(=O)CN)cn2)S(C)(=O)=O)c1. The van der Waals surface area contributed by atoms with Crippen molar-refractivity contribution in [1.82, 2.24) is 20.2 Å². The van der Waals surface area contributed by atoms with Crippen LogP contribution >= 0.6 is 0 Å². The monoisotopic (exact) mass is 727 g/mol. The number of benzene rings is 2. The molecule has 3 heterocycles. The maximum Gasteiger partial charge on any atom is 0.314 e. The molecule has 264 valence electrons. The van der Waals surface area contributed by atoms with Crippen LogP contribution < -0.4 is 14.3 Å². The van der Waals surface area contributed by atoms with E-state index in [1.165, 1.54) is 21.0 Å². The second kappa shape index (κ2) is 16.1. The van der Waals surface area contributed by atoms with E-state index in [1.54, 1.807) is 60.7 Å². The highest BCUT2D eigenvalue weighted by molar-refractivity contribution is 7.92. The molecule has 13 nitrogen and oxygen atoms in total. The van der Waals surface area contributed by atoms with E-state index in [4.69, 9.17) is 10.2 Å². The lowest BCUT2D eigenvalue weighted by Gasteiger charge is -2.22. The molecule has 0 fully saturated rings. The van der Waals surface area contributed by atoms with Crippen LogP contribution in [-0.2, 0) is 33.1 Å². The molecule has 5 rings (SSSR count). The zero-order valence-corrected chi connectivity index (χ0v) is 29.2.